The molecule has 2 N–H and O–H groups in total. The van der Waals surface area contributed by atoms with E-state index in [4.69, 9.17) is 0 Å². The number of rotatable bonds is 5. The third kappa shape index (κ3) is 4.07. The SMILES string of the molecule is CN(C)Cc1ccccc1CNC(=O)c1ccccc1O. The van der Waals surface area contributed by atoms with Gasteiger partial charge in [-0.2, -0.15) is 0 Å². The Bertz CT molecular complexity index is 624. The molecule has 2 aromatic rings. The van der Waals surface area contributed by atoms with Gasteiger partial charge in [-0.1, -0.05) is 36.4 Å². The first kappa shape index (κ1) is 15.1. The highest BCUT2D eigenvalue weighted by molar-refractivity contribution is 5.96. The lowest BCUT2D eigenvalue weighted by Gasteiger charge is -2.14. The van der Waals surface area contributed by atoms with E-state index >= 15 is 0 Å². The Labute approximate surface area is 125 Å². The molecule has 2 rings (SSSR count). The maximum atomic E-state index is 12.1. The smallest absolute Gasteiger partial charge is 0.255 e. The van der Waals surface area contributed by atoms with Crippen LogP contribution in [0.5, 0.6) is 5.75 Å². The number of para-hydroxylation sites is 1. The summed E-state index contributed by atoms with van der Waals surface area (Å²) < 4.78 is 0. The van der Waals surface area contributed by atoms with Crippen molar-refractivity contribution in [3.8, 4) is 5.75 Å². The number of phenols is 1. The van der Waals surface area contributed by atoms with E-state index in [9.17, 15) is 9.90 Å². The second kappa shape index (κ2) is 6.90. The number of phenolic OH excluding ortho intramolecular Hbond substituents is 1. The minimum Gasteiger partial charge on any atom is -0.507 e. The Morgan fingerprint density at radius 1 is 1.05 bits per heavy atom. The van der Waals surface area contributed by atoms with E-state index in [0.29, 0.717) is 12.1 Å². The quantitative estimate of drug-likeness (QED) is 0.886. The highest BCUT2D eigenvalue weighted by Crippen LogP contribution is 2.16. The summed E-state index contributed by atoms with van der Waals surface area (Å²) in [5.74, 6) is -0.274. The monoisotopic (exact) mass is 284 g/mol. The first-order chi connectivity index (χ1) is 10.1. The Morgan fingerprint density at radius 3 is 2.33 bits per heavy atom. The predicted octanol–water partition coefficient (Wildman–Crippen LogP) is 2.38. The molecule has 21 heavy (non-hydrogen) atoms. The van der Waals surface area contributed by atoms with Gasteiger partial charge in [0.1, 0.15) is 5.75 Å². The zero-order chi connectivity index (χ0) is 15.2. The van der Waals surface area contributed by atoms with E-state index in [1.807, 2.05) is 32.3 Å². The summed E-state index contributed by atoms with van der Waals surface area (Å²) in [6.07, 6.45) is 0. The van der Waals surface area contributed by atoms with Crippen molar-refractivity contribution in [2.24, 2.45) is 0 Å². The van der Waals surface area contributed by atoms with Gasteiger partial charge in [0.2, 0.25) is 0 Å². The van der Waals surface area contributed by atoms with Crippen molar-refractivity contribution in [3.05, 3.63) is 65.2 Å². The number of carbonyl (C=O) groups is 1. The number of carbonyl (C=O) groups excluding carboxylic acids is 1. The molecule has 4 heteroatoms. The summed E-state index contributed by atoms with van der Waals surface area (Å²) in [6, 6.07) is 14.6. The molecule has 0 aromatic heterocycles. The molecule has 0 heterocycles. The van der Waals surface area contributed by atoms with Gasteiger partial charge in [-0.3, -0.25) is 4.79 Å². The summed E-state index contributed by atoms with van der Waals surface area (Å²) >= 11 is 0. The Morgan fingerprint density at radius 2 is 1.67 bits per heavy atom. The molecule has 0 aliphatic rings. The van der Waals surface area contributed by atoms with Gasteiger partial charge in [-0.15, -0.1) is 0 Å². The lowest BCUT2D eigenvalue weighted by Crippen LogP contribution is -2.24. The molecule has 0 spiro atoms. The number of nitrogens with one attached hydrogen (secondary N) is 1. The van der Waals surface area contributed by atoms with Crippen molar-refractivity contribution in [2.45, 2.75) is 13.1 Å². The van der Waals surface area contributed by atoms with Crippen LogP contribution in [0.15, 0.2) is 48.5 Å². The number of benzene rings is 2. The van der Waals surface area contributed by atoms with Gasteiger partial charge >= 0.3 is 0 Å². The molecule has 0 unspecified atom stereocenters. The molecule has 0 radical (unpaired) electrons. The molecule has 0 saturated carbocycles. The summed E-state index contributed by atoms with van der Waals surface area (Å²) in [6.45, 7) is 1.26. The molecule has 110 valence electrons. The van der Waals surface area contributed by atoms with Crippen molar-refractivity contribution >= 4 is 5.91 Å². The van der Waals surface area contributed by atoms with Crippen LogP contribution in [0, 0.1) is 0 Å². The summed E-state index contributed by atoms with van der Waals surface area (Å²) in [7, 11) is 4.02. The largest absolute Gasteiger partial charge is 0.507 e. The van der Waals surface area contributed by atoms with Crippen LogP contribution in [0.1, 0.15) is 21.5 Å². The normalized spacial score (nSPS) is 10.6. The molecule has 1 amide bonds. The number of nitrogens with zero attached hydrogens (tertiary/aromatic N) is 1. The molecular formula is C17H20N2O2. The number of hydrogen-bond donors (Lipinski definition) is 2. The van der Waals surface area contributed by atoms with Gasteiger partial charge in [-0.05, 0) is 37.4 Å². The van der Waals surface area contributed by atoms with Crippen LogP contribution in [0.2, 0.25) is 0 Å². The van der Waals surface area contributed by atoms with Crippen molar-refractivity contribution < 1.29 is 9.90 Å². The van der Waals surface area contributed by atoms with Crippen molar-refractivity contribution in [1.82, 2.24) is 10.2 Å². The molecule has 0 bridgehead atoms. The molecular weight excluding hydrogens is 264 g/mol. The van der Waals surface area contributed by atoms with Crippen LogP contribution in [0.3, 0.4) is 0 Å². The van der Waals surface area contributed by atoms with Gasteiger partial charge in [0.25, 0.3) is 5.91 Å². The average Bonchev–Trinajstić information content (AvgIpc) is 2.46. The summed E-state index contributed by atoms with van der Waals surface area (Å²) in [5.41, 5.74) is 2.55. The maximum Gasteiger partial charge on any atom is 0.255 e. The van der Waals surface area contributed by atoms with Gasteiger partial charge in [0, 0.05) is 13.1 Å². The number of aromatic hydroxyl groups is 1. The number of amides is 1. The molecule has 0 atom stereocenters. The minimum absolute atomic E-state index is 0.00317. The Kier molecular flexibility index (Phi) is 4.95. The second-order valence-electron chi connectivity index (χ2n) is 5.21. The van der Waals surface area contributed by atoms with Crippen LogP contribution >= 0.6 is 0 Å². The Balaban J connectivity index is 2.07. The maximum absolute atomic E-state index is 12.1. The van der Waals surface area contributed by atoms with E-state index in [2.05, 4.69) is 16.3 Å². The van der Waals surface area contributed by atoms with Crippen LogP contribution in [0.4, 0.5) is 0 Å². The van der Waals surface area contributed by atoms with E-state index in [1.54, 1.807) is 18.2 Å². The molecule has 0 saturated heterocycles. The van der Waals surface area contributed by atoms with Gasteiger partial charge in [-0.25, -0.2) is 0 Å². The first-order valence-corrected chi connectivity index (χ1v) is 6.85. The first-order valence-electron chi connectivity index (χ1n) is 6.85. The third-order valence-electron chi connectivity index (χ3n) is 3.19. The van der Waals surface area contributed by atoms with Crippen LogP contribution in [-0.2, 0) is 13.1 Å². The van der Waals surface area contributed by atoms with Gasteiger partial charge in [0.15, 0.2) is 0 Å². The Hall–Kier alpha value is -2.33. The van der Waals surface area contributed by atoms with Gasteiger partial charge in [0.05, 0.1) is 5.56 Å². The van der Waals surface area contributed by atoms with E-state index < -0.39 is 0 Å². The van der Waals surface area contributed by atoms with Crippen LogP contribution in [0.25, 0.3) is 0 Å². The fraction of sp³-hybridized carbons (Fsp3) is 0.235. The van der Waals surface area contributed by atoms with Crippen molar-refractivity contribution in [3.63, 3.8) is 0 Å². The number of hydrogen-bond acceptors (Lipinski definition) is 3. The predicted molar refractivity (Wildman–Crippen MR) is 83.1 cm³/mol. The van der Waals surface area contributed by atoms with E-state index in [-0.39, 0.29) is 11.7 Å². The summed E-state index contributed by atoms with van der Waals surface area (Å²) in [4.78, 5) is 14.2. The lowest BCUT2D eigenvalue weighted by molar-refractivity contribution is 0.0948. The molecule has 0 aliphatic heterocycles. The van der Waals surface area contributed by atoms with Crippen LogP contribution in [-0.4, -0.2) is 30.0 Å². The second-order valence-corrected chi connectivity index (χ2v) is 5.21. The zero-order valence-corrected chi connectivity index (χ0v) is 12.3. The van der Waals surface area contributed by atoms with E-state index in [1.165, 1.54) is 11.6 Å². The molecule has 0 fully saturated rings. The summed E-state index contributed by atoms with van der Waals surface area (Å²) in [5, 5.41) is 12.5. The lowest BCUT2D eigenvalue weighted by atomic mass is 10.1. The zero-order valence-electron chi connectivity index (χ0n) is 12.3. The molecule has 2 aromatic carbocycles. The molecule has 4 nitrogen and oxygen atoms in total. The topological polar surface area (TPSA) is 52.6 Å². The highest BCUT2D eigenvalue weighted by atomic mass is 16.3. The van der Waals surface area contributed by atoms with Crippen LogP contribution < -0.4 is 5.32 Å². The van der Waals surface area contributed by atoms with Gasteiger partial charge < -0.3 is 15.3 Å². The third-order valence-corrected chi connectivity index (χ3v) is 3.19. The molecule has 0 aliphatic carbocycles. The fourth-order valence-corrected chi connectivity index (χ4v) is 2.16. The average molecular weight is 284 g/mol. The van der Waals surface area contributed by atoms with Crippen molar-refractivity contribution in [1.29, 1.82) is 0 Å². The fourth-order valence-electron chi connectivity index (χ4n) is 2.16. The van der Waals surface area contributed by atoms with Crippen molar-refractivity contribution in [2.75, 3.05) is 14.1 Å². The standard InChI is InChI=1S/C17H20N2O2/c1-19(2)12-14-8-4-3-7-13(14)11-18-17(21)15-9-5-6-10-16(15)20/h3-10,20H,11-12H2,1-2H3,(H,18,21). The minimum atomic E-state index is -0.271. The highest BCUT2D eigenvalue weighted by Gasteiger charge is 2.10. The van der Waals surface area contributed by atoms with E-state index in [0.717, 1.165) is 12.1 Å².